The van der Waals surface area contributed by atoms with Gasteiger partial charge in [-0.05, 0) is 38.3 Å². The zero-order valence-corrected chi connectivity index (χ0v) is 18.1. The fourth-order valence-corrected chi connectivity index (χ4v) is 4.08. The maximum absolute atomic E-state index is 13.4. The van der Waals surface area contributed by atoms with E-state index in [1.807, 2.05) is 19.9 Å². The van der Waals surface area contributed by atoms with Crippen LogP contribution in [0.2, 0.25) is 0 Å². The van der Waals surface area contributed by atoms with Gasteiger partial charge in [-0.2, -0.15) is 0 Å². The zero-order valence-electron chi connectivity index (χ0n) is 18.1. The fraction of sp³-hybridized carbons (Fsp3) is 0.478. The number of nitrogens with zero attached hydrogens (tertiary/aromatic N) is 2. The van der Waals surface area contributed by atoms with Gasteiger partial charge in [0.25, 0.3) is 5.69 Å². The quantitative estimate of drug-likeness (QED) is 0.358. The molecule has 1 saturated carbocycles. The third kappa shape index (κ3) is 5.38. The van der Waals surface area contributed by atoms with Crippen LogP contribution in [0, 0.1) is 17.0 Å². The Kier molecular flexibility index (Phi) is 7.57. The lowest BCUT2D eigenvalue weighted by Gasteiger charge is -2.36. The first kappa shape index (κ1) is 22.7. The summed E-state index contributed by atoms with van der Waals surface area (Å²) in [7, 11) is 0. The van der Waals surface area contributed by atoms with Crippen LogP contribution in [0.25, 0.3) is 0 Å². The predicted octanol–water partition coefficient (Wildman–Crippen LogP) is 4.55. The lowest BCUT2D eigenvalue weighted by Crippen LogP contribution is -2.42. The summed E-state index contributed by atoms with van der Waals surface area (Å²) >= 11 is 0. The Balaban J connectivity index is 1.76. The molecule has 1 N–H and O–H groups in total. The van der Waals surface area contributed by atoms with E-state index in [9.17, 15) is 14.9 Å². The third-order valence-corrected chi connectivity index (χ3v) is 5.73. The number of nitro groups is 1. The van der Waals surface area contributed by atoms with Gasteiger partial charge in [-0.1, -0.05) is 31.4 Å². The van der Waals surface area contributed by atoms with E-state index >= 15 is 0 Å². The van der Waals surface area contributed by atoms with Crippen LogP contribution in [-0.4, -0.2) is 35.6 Å². The van der Waals surface area contributed by atoms with Gasteiger partial charge < -0.3 is 14.8 Å². The minimum absolute atomic E-state index is 0.0230. The molecule has 1 aliphatic carbocycles. The molecule has 166 valence electrons. The molecule has 1 aromatic heterocycles. The molecular weight excluding hydrogens is 398 g/mol. The van der Waals surface area contributed by atoms with Crippen LogP contribution >= 0.6 is 0 Å². The number of nitro benzene ring substituents is 1. The van der Waals surface area contributed by atoms with Gasteiger partial charge in [-0.3, -0.25) is 14.9 Å². The molecule has 0 radical (unpaired) electrons. The average Bonchev–Trinajstić information content (AvgIpc) is 2.78. The highest BCUT2D eigenvalue weighted by Gasteiger charge is 2.41. The molecule has 0 unspecified atom stereocenters. The summed E-state index contributed by atoms with van der Waals surface area (Å²) in [5.74, 6) is 0.410. The minimum Gasteiger partial charge on any atom is -0.475 e. The standard InChI is InChI=1S/C23H29N3O5/c1-3-30-13-14-31-21-17(2)15-19(16-24-21)25-22(27)23(11-5-4-6-12-23)18-7-9-20(10-8-18)26(28)29/h7-10,15-16H,3-6,11-14H2,1-2H3,(H,25,27). The van der Waals surface area contributed by atoms with E-state index in [2.05, 4.69) is 10.3 Å². The number of amides is 1. The second-order valence-corrected chi connectivity index (χ2v) is 7.79. The SMILES string of the molecule is CCOCCOc1ncc(NC(=O)C2(c3ccc([N+](=O)[O-])cc3)CCCCC2)cc1C. The number of carbonyl (C=O) groups is 1. The first-order valence-corrected chi connectivity index (χ1v) is 10.7. The number of non-ortho nitro benzene ring substituents is 1. The average molecular weight is 428 g/mol. The van der Waals surface area contributed by atoms with Crippen molar-refractivity contribution in [2.45, 2.75) is 51.4 Å². The van der Waals surface area contributed by atoms with E-state index in [1.165, 1.54) is 12.1 Å². The van der Waals surface area contributed by atoms with Gasteiger partial charge >= 0.3 is 0 Å². The monoisotopic (exact) mass is 427 g/mol. The molecule has 1 aliphatic rings. The predicted molar refractivity (Wildman–Crippen MR) is 117 cm³/mol. The van der Waals surface area contributed by atoms with Crippen molar-refractivity contribution in [3.8, 4) is 5.88 Å². The summed E-state index contributed by atoms with van der Waals surface area (Å²) in [6.45, 7) is 5.35. The smallest absolute Gasteiger partial charge is 0.269 e. The highest BCUT2D eigenvalue weighted by atomic mass is 16.6. The van der Waals surface area contributed by atoms with Gasteiger partial charge in [-0.25, -0.2) is 4.98 Å². The molecule has 1 fully saturated rings. The summed E-state index contributed by atoms with van der Waals surface area (Å²) in [4.78, 5) is 28.3. The Morgan fingerprint density at radius 2 is 1.90 bits per heavy atom. The number of pyridine rings is 1. The van der Waals surface area contributed by atoms with Gasteiger partial charge in [-0.15, -0.1) is 0 Å². The van der Waals surface area contributed by atoms with Crippen molar-refractivity contribution < 1.29 is 19.2 Å². The van der Waals surface area contributed by atoms with Crippen LogP contribution in [0.15, 0.2) is 36.5 Å². The molecule has 0 bridgehead atoms. The normalized spacial score (nSPS) is 15.3. The molecule has 2 aromatic rings. The number of ether oxygens (including phenoxy) is 2. The summed E-state index contributed by atoms with van der Waals surface area (Å²) in [5, 5.41) is 14.0. The molecule has 8 heteroatoms. The highest BCUT2D eigenvalue weighted by Crippen LogP contribution is 2.41. The van der Waals surface area contributed by atoms with Crippen molar-refractivity contribution >= 4 is 17.3 Å². The molecule has 31 heavy (non-hydrogen) atoms. The van der Waals surface area contributed by atoms with Crippen LogP contribution in [0.5, 0.6) is 5.88 Å². The minimum atomic E-state index is -0.700. The van der Waals surface area contributed by atoms with E-state index in [0.717, 1.165) is 30.4 Å². The topological polar surface area (TPSA) is 104 Å². The molecule has 0 aliphatic heterocycles. The van der Waals surface area contributed by atoms with E-state index in [-0.39, 0.29) is 11.6 Å². The second-order valence-electron chi connectivity index (χ2n) is 7.79. The number of aromatic nitrogens is 1. The molecule has 3 rings (SSSR count). The number of anilines is 1. The van der Waals surface area contributed by atoms with Crippen LogP contribution in [0.3, 0.4) is 0 Å². The van der Waals surface area contributed by atoms with Crippen molar-refractivity contribution in [2.75, 3.05) is 25.1 Å². The van der Waals surface area contributed by atoms with Crippen LogP contribution in [0.4, 0.5) is 11.4 Å². The van der Waals surface area contributed by atoms with E-state index in [4.69, 9.17) is 9.47 Å². The summed E-state index contributed by atoms with van der Waals surface area (Å²) in [6, 6.07) is 8.20. The first-order chi connectivity index (χ1) is 15.0. The Hall–Kier alpha value is -3.00. The Morgan fingerprint density at radius 3 is 2.52 bits per heavy atom. The maximum atomic E-state index is 13.4. The molecule has 1 heterocycles. The first-order valence-electron chi connectivity index (χ1n) is 10.7. The van der Waals surface area contributed by atoms with Crippen molar-refractivity contribution in [1.29, 1.82) is 0 Å². The van der Waals surface area contributed by atoms with Gasteiger partial charge in [0.1, 0.15) is 6.61 Å². The lowest BCUT2D eigenvalue weighted by atomic mass is 9.68. The van der Waals surface area contributed by atoms with E-state index in [1.54, 1.807) is 18.3 Å². The zero-order chi connectivity index (χ0) is 22.3. The lowest BCUT2D eigenvalue weighted by molar-refractivity contribution is -0.384. The number of carbonyl (C=O) groups excluding carboxylic acids is 1. The summed E-state index contributed by atoms with van der Waals surface area (Å²) in [6.07, 6.45) is 5.97. The van der Waals surface area contributed by atoms with Crippen molar-refractivity contribution in [3.63, 3.8) is 0 Å². The fourth-order valence-electron chi connectivity index (χ4n) is 4.08. The number of rotatable bonds is 9. The van der Waals surface area contributed by atoms with Crippen molar-refractivity contribution in [1.82, 2.24) is 4.98 Å². The Labute approximate surface area is 182 Å². The molecule has 0 saturated heterocycles. The third-order valence-electron chi connectivity index (χ3n) is 5.73. The summed E-state index contributed by atoms with van der Waals surface area (Å²) < 4.78 is 10.9. The number of hydrogen-bond donors (Lipinski definition) is 1. The van der Waals surface area contributed by atoms with E-state index in [0.29, 0.717) is 44.2 Å². The number of hydrogen-bond acceptors (Lipinski definition) is 6. The molecule has 8 nitrogen and oxygen atoms in total. The molecule has 1 aromatic carbocycles. The summed E-state index contributed by atoms with van der Waals surface area (Å²) in [5.41, 5.74) is 1.56. The van der Waals surface area contributed by atoms with Gasteiger partial charge in [0.2, 0.25) is 11.8 Å². The Morgan fingerprint density at radius 1 is 1.19 bits per heavy atom. The van der Waals surface area contributed by atoms with Gasteiger partial charge in [0.15, 0.2) is 0 Å². The number of nitrogens with one attached hydrogen (secondary N) is 1. The molecule has 0 atom stereocenters. The largest absolute Gasteiger partial charge is 0.475 e. The van der Waals surface area contributed by atoms with Gasteiger partial charge in [0, 0.05) is 24.3 Å². The van der Waals surface area contributed by atoms with Gasteiger partial charge in [0.05, 0.1) is 28.8 Å². The van der Waals surface area contributed by atoms with Crippen LogP contribution in [-0.2, 0) is 14.9 Å². The highest BCUT2D eigenvalue weighted by molar-refractivity contribution is 5.99. The molecule has 1 amide bonds. The maximum Gasteiger partial charge on any atom is 0.269 e. The second kappa shape index (κ2) is 10.3. The van der Waals surface area contributed by atoms with Crippen molar-refractivity contribution in [3.05, 3.63) is 57.8 Å². The molecular formula is C23H29N3O5. The van der Waals surface area contributed by atoms with E-state index < -0.39 is 10.3 Å². The van der Waals surface area contributed by atoms with Crippen LogP contribution in [0.1, 0.15) is 50.2 Å². The number of aryl methyl sites for hydroxylation is 1. The van der Waals surface area contributed by atoms with Crippen molar-refractivity contribution in [2.24, 2.45) is 0 Å². The molecule has 0 spiro atoms. The van der Waals surface area contributed by atoms with Crippen LogP contribution < -0.4 is 10.1 Å². The number of benzene rings is 1. The Bertz CT molecular complexity index is 908.